The molecule has 0 radical (unpaired) electrons. The number of alkyl halides is 3. The minimum atomic E-state index is -4.14. The van der Waals surface area contributed by atoms with E-state index in [1.165, 1.54) is 12.0 Å². The summed E-state index contributed by atoms with van der Waals surface area (Å²) < 4.78 is 40.3. The van der Waals surface area contributed by atoms with Crippen molar-refractivity contribution in [1.29, 1.82) is 0 Å². The summed E-state index contributed by atoms with van der Waals surface area (Å²) in [5.41, 5.74) is 0. The van der Waals surface area contributed by atoms with Crippen molar-refractivity contribution in [1.82, 2.24) is 4.90 Å². The van der Waals surface area contributed by atoms with Crippen molar-refractivity contribution in [2.45, 2.75) is 31.5 Å². The Morgan fingerprint density at radius 3 is 2.64 bits per heavy atom. The van der Waals surface area contributed by atoms with Crippen molar-refractivity contribution in [3.63, 3.8) is 0 Å². The van der Waals surface area contributed by atoms with E-state index in [2.05, 4.69) is 0 Å². The van der Waals surface area contributed by atoms with Gasteiger partial charge in [-0.05, 0) is 6.42 Å². The fourth-order valence-electron chi connectivity index (χ4n) is 1.42. The number of hydrogen-bond acceptors (Lipinski definition) is 2. The minimum absolute atomic E-state index is 0.0292. The van der Waals surface area contributed by atoms with Gasteiger partial charge < -0.3 is 9.64 Å². The summed E-state index contributed by atoms with van der Waals surface area (Å²) in [5, 5.41) is 0. The van der Waals surface area contributed by atoms with Gasteiger partial charge in [0.2, 0.25) is 5.91 Å². The molecule has 6 heteroatoms. The number of rotatable bonds is 4. The zero-order valence-electron chi connectivity index (χ0n) is 7.80. The molecule has 3 nitrogen and oxygen atoms in total. The fourth-order valence-corrected chi connectivity index (χ4v) is 1.42. The zero-order chi connectivity index (χ0) is 10.8. The summed E-state index contributed by atoms with van der Waals surface area (Å²) in [6, 6.07) is -0.302. The summed E-state index contributed by atoms with van der Waals surface area (Å²) >= 11 is 0. The Bertz CT molecular complexity index is 217. The maximum atomic E-state index is 11.9. The molecule has 1 heterocycles. The first-order valence-electron chi connectivity index (χ1n) is 4.29. The lowest BCUT2D eigenvalue weighted by molar-refractivity contribution is -0.162. The van der Waals surface area contributed by atoms with E-state index >= 15 is 0 Å². The van der Waals surface area contributed by atoms with Gasteiger partial charge in [-0.2, -0.15) is 13.2 Å². The van der Waals surface area contributed by atoms with Crippen molar-refractivity contribution in [3.8, 4) is 0 Å². The first-order valence-corrected chi connectivity index (χ1v) is 4.29. The number of hydrogen-bond donors (Lipinski definition) is 0. The molecule has 0 bridgehead atoms. The van der Waals surface area contributed by atoms with Crippen molar-refractivity contribution in [2.24, 2.45) is 0 Å². The number of likely N-dealkylation sites (tertiary alicyclic amines) is 1. The highest BCUT2D eigenvalue weighted by Gasteiger charge is 2.38. The van der Waals surface area contributed by atoms with E-state index in [1.807, 2.05) is 0 Å². The van der Waals surface area contributed by atoms with Gasteiger partial charge in [0.15, 0.2) is 0 Å². The van der Waals surface area contributed by atoms with E-state index in [9.17, 15) is 18.0 Å². The van der Waals surface area contributed by atoms with Gasteiger partial charge in [-0.3, -0.25) is 4.79 Å². The molecule has 1 atom stereocenters. The molecule has 1 rings (SSSR count). The first-order chi connectivity index (χ1) is 6.44. The van der Waals surface area contributed by atoms with Crippen molar-refractivity contribution in [3.05, 3.63) is 0 Å². The van der Waals surface area contributed by atoms with Crippen LogP contribution in [0.25, 0.3) is 0 Å². The number of carbonyl (C=O) groups excluding carboxylic acids is 1. The monoisotopic (exact) mass is 211 g/mol. The van der Waals surface area contributed by atoms with Crippen molar-refractivity contribution >= 4 is 5.91 Å². The Morgan fingerprint density at radius 2 is 2.21 bits per heavy atom. The number of halogens is 3. The quantitative estimate of drug-likeness (QED) is 0.660. The second kappa shape index (κ2) is 4.16. The Balaban J connectivity index is 2.29. The number of amides is 1. The highest BCUT2D eigenvalue weighted by Crippen LogP contribution is 2.29. The average Bonchev–Trinajstić information content (AvgIpc) is 2.06. The fraction of sp³-hybridized carbons (Fsp3) is 0.875. The van der Waals surface area contributed by atoms with Crippen LogP contribution >= 0.6 is 0 Å². The van der Waals surface area contributed by atoms with Crippen LogP contribution in [0.2, 0.25) is 0 Å². The van der Waals surface area contributed by atoms with E-state index in [0.717, 1.165) is 0 Å². The molecule has 1 unspecified atom stereocenters. The molecule has 0 aromatic heterocycles. The number of methoxy groups -OCH3 is 1. The average molecular weight is 211 g/mol. The molecule has 1 saturated heterocycles. The largest absolute Gasteiger partial charge is 0.389 e. The van der Waals surface area contributed by atoms with E-state index in [0.29, 0.717) is 0 Å². The summed E-state index contributed by atoms with van der Waals surface area (Å²) in [6.07, 6.45) is -4.80. The maximum absolute atomic E-state index is 11.9. The molecule has 1 aliphatic rings. The number of nitrogens with zero attached hydrogens (tertiary/aromatic N) is 1. The van der Waals surface area contributed by atoms with Crippen LogP contribution in [0.3, 0.4) is 0 Å². The molecule has 1 fully saturated rings. The third-order valence-corrected chi connectivity index (χ3v) is 2.20. The number of β-lactam (4-membered cyclic amide) rings is 1. The van der Waals surface area contributed by atoms with Gasteiger partial charge in [0.05, 0.1) is 0 Å². The van der Waals surface area contributed by atoms with Crippen molar-refractivity contribution < 1.29 is 22.7 Å². The second-order valence-corrected chi connectivity index (χ2v) is 3.29. The van der Waals surface area contributed by atoms with Crippen LogP contribution in [0.5, 0.6) is 0 Å². The zero-order valence-corrected chi connectivity index (χ0v) is 7.80. The van der Waals surface area contributed by atoms with Crippen LogP contribution < -0.4 is 0 Å². The molecule has 0 aromatic rings. The van der Waals surface area contributed by atoms with Crippen LogP contribution in [0, 0.1) is 0 Å². The highest BCUT2D eigenvalue weighted by atomic mass is 19.4. The molecule has 0 aliphatic carbocycles. The van der Waals surface area contributed by atoms with Gasteiger partial charge in [-0.25, -0.2) is 0 Å². The Morgan fingerprint density at radius 1 is 1.57 bits per heavy atom. The molecule has 0 N–H and O–H groups in total. The SMILES string of the molecule is COCN1C(=O)CC1CCC(F)(F)F. The Labute approximate surface area is 79.8 Å². The maximum Gasteiger partial charge on any atom is 0.389 e. The van der Waals surface area contributed by atoms with Gasteiger partial charge >= 0.3 is 6.18 Å². The summed E-state index contributed by atoms with van der Waals surface area (Å²) in [5.74, 6) is -0.140. The van der Waals surface area contributed by atoms with Crippen LogP contribution in [0.4, 0.5) is 13.2 Å². The molecular formula is C8H12F3NO2. The first kappa shape index (κ1) is 11.3. The van der Waals surface area contributed by atoms with E-state index in [4.69, 9.17) is 4.74 Å². The molecule has 82 valence electrons. The topological polar surface area (TPSA) is 29.5 Å². The van der Waals surface area contributed by atoms with Gasteiger partial charge in [0.25, 0.3) is 0 Å². The Kier molecular flexibility index (Phi) is 3.36. The normalized spacial score (nSPS) is 22.4. The second-order valence-electron chi connectivity index (χ2n) is 3.29. The highest BCUT2D eigenvalue weighted by molar-refractivity contribution is 5.82. The van der Waals surface area contributed by atoms with Crippen LogP contribution in [-0.2, 0) is 9.53 Å². The molecule has 1 aliphatic heterocycles. The van der Waals surface area contributed by atoms with E-state index < -0.39 is 12.6 Å². The molecule has 0 saturated carbocycles. The van der Waals surface area contributed by atoms with Gasteiger partial charge in [-0.1, -0.05) is 0 Å². The minimum Gasteiger partial charge on any atom is -0.364 e. The third kappa shape index (κ3) is 2.87. The smallest absolute Gasteiger partial charge is 0.364 e. The van der Waals surface area contributed by atoms with Crippen LogP contribution in [0.15, 0.2) is 0 Å². The van der Waals surface area contributed by atoms with Gasteiger partial charge in [0, 0.05) is 26.0 Å². The third-order valence-electron chi connectivity index (χ3n) is 2.20. The number of carbonyl (C=O) groups is 1. The molecule has 0 spiro atoms. The lowest BCUT2D eigenvalue weighted by Crippen LogP contribution is -2.53. The predicted octanol–water partition coefficient (Wildman–Crippen LogP) is 1.53. The standard InChI is InChI=1S/C8H12F3NO2/c1-14-5-12-6(4-7(12)13)2-3-8(9,10)11/h6H,2-5H2,1H3. The summed E-state index contributed by atoms with van der Waals surface area (Å²) in [4.78, 5) is 12.2. The number of ether oxygens (including phenoxy) is 1. The van der Waals surface area contributed by atoms with Gasteiger partial charge in [-0.15, -0.1) is 0 Å². The Hall–Kier alpha value is -0.780. The summed E-state index contributed by atoms with van der Waals surface area (Å²) in [6.45, 7) is 0.0847. The van der Waals surface area contributed by atoms with Crippen LogP contribution in [-0.4, -0.2) is 36.9 Å². The molecule has 1 amide bonds. The van der Waals surface area contributed by atoms with Crippen LogP contribution in [0.1, 0.15) is 19.3 Å². The van der Waals surface area contributed by atoms with Crippen molar-refractivity contribution in [2.75, 3.05) is 13.8 Å². The molecule has 14 heavy (non-hydrogen) atoms. The predicted molar refractivity (Wildman–Crippen MR) is 42.4 cm³/mol. The van der Waals surface area contributed by atoms with E-state index in [-0.39, 0.29) is 31.5 Å². The lowest BCUT2D eigenvalue weighted by atomic mass is 9.98. The lowest BCUT2D eigenvalue weighted by Gasteiger charge is -2.39. The van der Waals surface area contributed by atoms with E-state index in [1.54, 1.807) is 0 Å². The summed E-state index contributed by atoms with van der Waals surface area (Å²) in [7, 11) is 1.41. The molecular weight excluding hydrogens is 199 g/mol. The van der Waals surface area contributed by atoms with Gasteiger partial charge in [0.1, 0.15) is 6.73 Å². The molecule has 0 aromatic carbocycles.